The van der Waals surface area contributed by atoms with Gasteiger partial charge >= 0.3 is 5.69 Å². The summed E-state index contributed by atoms with van der Waals surface area (Å²) in [5, 5.41) is 4.97. The summed E-state index contributed by atoms with van der Waals surface area (Å²) in [7, 11) is 0. The fourth-order valence-corrected chi connectivity index (χ4v) is 4.07. The molecule has 0 aliphatic rings. The molecule has 0 fully saturated rings. The number of carbonyl (C=O) groups is 1. The second-order valence-corrected chi connectivity index (χ2v) is 7.12. The van der Waals surface area contributed by atoms with Gasteiger partial charge < -0.3 is 5.32 Å². The van der Waals surface area contributed by atoms with Crippen LogP contribution in [0.4, 0.5) is 5.69 Å². The lowest BCUT2D eigenvalue weighted by Crippen LogP contribution is -2.29. The number of hydrogen-bond donors (Lipinski definition) is 1. The average molecular weight is 377 g/mol. The van der Waals surface area contributed by atoms with Crippen molar-refractivity contribution in [1.29, 1.82) is 0 Å². The summed E-state index contributed by atoms with van der Waals surface area (Å²) >= 11 is 1.62. The van der Waals surface area contributed by atoms with Gasteiger partial charge in [0.15, 0.2) is 0 Å². The Balaban J connectivity index is 1.65. The Morgan fingerprint density at radius 2 is 1.67 bits per heavy atom. The summed E-state index contributed by atoms with van der Waals surface area (Å²) in [6, 6.07) is 19.3. The number of hydrogen-bond acceptors (Lipinski definition) is 3. The van der Waals surface area contributed by atoms with Gasteiger partial charge in [0.2, 0.25) is 5.91 Å². The number of amides is 1. The summed E-state index contributed by atoms with van der Waals surface area (Å²) < 4.78 is 3.21. The number of nitrogens with one attached hydrogen (secondary N) is 1. The number of rotatable bonds is 5. The summed E-state index contributed by atoms with van der Waals surface area (Å²) in [6.45, 7) is 2.47. The molecule has 0 bridgehead atoms. The Hall–Kier alpha value is -3.12. The van der Waals surface area contributed by atoms with E-state index in [9.17, 15) is 9.59 Å². The van der Waals surface area contributed by atoms with Crippen LogP contribution in [0.5, 0.6) is 0 Å². The number of aromatic nitrogens is 2. The predicted molar refractivity (Wildman–Crippen MR) is 110 cm³/mol. The third kappa shape index (κ3) is 3.19. The van der Waals surface area contributed by atoms with Crippen molar-refractivity contribution in [3.8, 4) is 10.4 Å². The van der Waals surface area contributed by atoms with Crippen molar-refractivity contribution in [3.63, 3.8) is 0 Å². The molecular formula is C21H19N3O2S. The Bertz CT molecular complexity index is 1160. The number of thiophene rings is 1. The first-order valence-electron chi connectivity index (χ1n) is 8.80. The smallest absolute Gasteiger partial charge is 0.324 e. The Labute approximate surface area is 160 Å². The molecule has 0 spiro atoms. The van der Waals surface area contributed by atoms with E-state index in [2.05, 4.69) is 5.32 Å². The lowest BCUT2D eigenvalue weighted by molar-refractivity contribution is -0.116. The van der Waals surface area contributed by atoms with E-state index in [0.717, 1.165) is 27.2 Å². The van der Waals surface area contributed by atoms with Crippen LogP contribution in [-0.2, 0) is 17.9 Å². The topological polar surface area (TPSA) is 56.0 Å². The van der Waals surface area contributed by atoms with Crippen LogP contribution in [0.2, 0.25) is 0 Å². The monoisotopic (exact) mass is 377 g/mol. The quantitative estimate of drug-likeness (QED) is 0.567. The maximum absolute atomic E-state index is 12.7. The molecule has 0 aliphatic carbocycles. The van der Waals surface area contributed by atoms with Crippen molar-refractivity contribution in [3.05, 3.63) is 76.5 Å². The number of nitrogens with zero attached hydrogens (tertiary/aromatic N) is 2. The Kier molecular flexibility index (Phi) is 4.64. The number of imidazole rings is 1. The van der Waals surface area contributed by atoms with E-state index in [1.807, 2.05) is 73.0 Å². The average Bonchev–Trinajstić information content (AvgIpc) is 3.30. The maximum Gasteiger partial charge on any atom is 0.329 e. The lowest BCUT2D eigenvalue weighted by Gasteiger charge is -2.10. The van der Waals surface area contributed by atoms with E-state index in [4.69, 9.17) is 0 Å². The standard InChI is InChI=1S/C21H19N3O2S/c1-2-23-17-10-5-6-11-18(17)24(21(23)26)14-20(25)22-16-9-4-3-8-15(16)19-12-7-13-27-19/h3-13H,2,14H2,1H3,(H,22,25). The van der Waals surface area contributed by atoms with Crippen molar-refractivity contribution in [2.75, 3.05) is 5.32 Å². The molecule has 0 radical (unpaired) electrons. The number of carbonyl (C=O) groups excluding carboxylic acids is 1. The Morgan fingerprint density at radius 3 is 2.37 bits per heavy atom. The zero-order valence-electron chi connectivity index (χ0n) is 14.9. The van der Waals surface area contributed by atoms with Crippen LogP contribution in [-0.4, -0.2) is 15.0 Å². The molecule has 1 amide bonds. The van der Waals surface area contributed by atoms with Crippen molar-refractivity contribution in [1.82, 2.24) is 9.13 Å². The summed E-state index contributed by atoms with van der Waals surface area (Å²) in [5.41, 5.74) is 3.17. The highest BCUT2D eigenvalue weighted by Gasteiger charge is 2.15. The molecule has 136 valence electrons. The minimum Gasteiger partial charge on any atom is -0.324 e. The zero-order valence-corrected chi connectivity index (χ0v) is 15.7. The van der Waals surface area contributed by atoms with E-state index in [1.165, 1.54) is 4.57 Å². The molecule has 4 rings (SSSR count). The van der Waals surface area contributed by atoms with Crippen molar-refractivity contribution < 1.29 is 4.79 Å². The molecule has 4 aromatic rings. The minimum absolute atomic E-state index is 0.0227. The van der Waals surface area contributed by atoms with E-state index >= 15 is 0 Å². The van der Waals surface area contributed by atoms with Crippen molar-refractivity contribution in [2.24, 2.45) is 0 Å². The van der Waals surface area contributed by atoms with Gasteiger partial charge in [0.25, 0.3) is 0 Å². The molecule has 0 saturated carbocycles. The molecule has 2 aromatic heterocycles. The number of para-hydroxylation sites is 3. The van der Waals surface area contributed by atoms with Crippen LogP contribution in [0.15, 0.2) is 70.8 Å². The van der Waals surface area contributed by atoms with Gasteiger partial charge in [0, 0.05) is 22.7 Å². The highest BCUT2D eigenvalue weighted by molar-refractivity contribution is 7.13. The normalized spacial score (nSPS) is 11.0. The van der Waals surface area contributed by atoms with E-state index < -0.39 is 0 Å². The summed E-state index contributed by atoms with van der Waals surface area (Å²) in [4.78, 5) is 26.5. The van der Waals surface area contributed by atoms with E-state index in [-0.39, 0.29) is 18.1 Å². The molecule has 0 saturated heterocycles. The highest BCUT2D eigenvalue weighted by atomic mass is 32.1. The summed E-state index contributed by atoms with van der Waals surface area (Å²) in [5.74, 6) is -0.222. The second kappa shape index (κ2) is 7.25. The number of fused-ring (bicyclic) bond motifs is 1. The molecule has 0 aliphatic heterocycles. The van der Waals surface area contributed by atoms with Crippen LogP contribution in [0.3, 0.4) is 0 Å². The fraction of sp³-hybridized carbons (Fsp3) is 0.143. The molecule has 2 heterocycles. The van der Waals surface area contributed by atoms with Gasteiger partial charge in [0.05, 0.1) is 11.0 Å². The molecular weight excluding hydrogens is 358 g/mol. The van der Waals surface area contributed by atoms with Gasteiger partial charge in [-0.05, 0) is 36.6 Å². The molecule has 27 heavy (non-hydrogen) atoms. The van der Waals surface area contributed by atoms with Crippen molar-refractivity contribution >= 4 is 34.0 Å². The van der Waals surface area contributed by atoms with Crippen LogP contribution >= 0.6 is 11.3 Å². The molecule has 5 nitrogen and oxygen atoms in total. The number of aryl methyl sites for hydroxylation is 1. The number of benzene rings is 2. The van der Waals surface area contributed by atoms with Crippen LogP contribution in [0, 0.1) is 0 Å². The van der Waals surface area contributed by atoms with Crippen molar-refractivity contribution in [2.45, 2.75) is 20.0 Å². The number of anilines is 1. The molecule has 0 atom stereocenters. The first kappa shape index (κ1) is 17.3. The minimum atomic E-state index is -0.222. The molecule has 6 heteroatoms. The van der Waals surface area contributed by atoms with Gasteiger partial charge in [0.1, 0.15) is 6.54 Å². The summed E-state index contributed by atoms with van der Waals surface area (Å²) in [6.07, 6.45) is 0. The fourth-order valence-electron chi connectivity index (χ4n) is 3.30. The first-order chi connectivity index (χ1) is 13.2. The SMILES string of the molecule is CCn1c(=O)n(CC(=O)Nc2ccccc2-c2cccs2)c2ccccc21. The van der Waals surface area contributed by atoms with E-state index in [0.29, 0.717) is 6.54 Å². The van der Waals surface area contributed by atoms with Crippen LogP contribution in [0.25, 0.3) is 21.5 Å². The third-order valence-corrected chi connectivity index (χ3v) is 5.43. The highest BCUT2D eigenvalue weighted by Crippen LogP contribution is 2.31. The Morgan fingerprint density at radius 1 is 0.963 bits per heavy atom. The van der Waals surface area contributed by atoms with E-state index in [1.54, 1.807) is 15.9 Å². The maximum atomic E-state index is 12.7. The van der Waals surface area contributed by atoms with Gasteiger partial charge in [-0.15, -0.1) is 11.3 Å². The molecule has 1 N–H and O–H groups in total. The lowest BCUT2D eigenvalue weighted by atomic mass is 10.1. The molecule has 2 aromatic carbocycles. The van der Waals surface area contributed by atoms with Gasteiger partial charge in [-0.2, -0.15) is 0 Å². The second-order valence-electron chi connectivity index (χ2n) is 6.17. The van der Waals surface area contributed by atoms with Gasteiger partial charge in [-0.25, -0.2) is 4.79 Å². The van der Waals surface area contributed by atoms with Gasteiger partial charge in [-0.1, -0.05) is 36.4 Å². The van der Waals surface area contributed by atoms with Gasteiger partial charge in [-0.3, -0.25) is 13.9 Å². The molecule has 0 unspecified atom stereocenters. The predicted octanol–water partition coefficient (Wildman–Crippen LogP) is 4.19. The van der Waals surface area contributed by atoms with Crippen LogP contribution in [0.1, 0.15) is 6.92 Å². The zero-order chi connectivity index (χ0) is 18.8. The first-order valence-corrected chi connectivity index (χ1v) is 9.68. The largest absolute Gasteiger partial charge is 0.329 e. The van der Waals surface area contributed by atoms with Crippen LogP contribution < -0.4 is 11.0 Å². The third-order valence-electron chi connectivity index (χ3n) is 4.53.